The van der Waals surface area contributed by atoms with Crippen molar-refractivity contribution in [3.8, 4) is 0 Å². The molecule has 0 spiro atoms. The topological polar surface area (TPSA) is 12.0 Å². The molecule has 0 saturated heterocycles. The van der Waals surface area contributed by atoms with E-state index in [4.69, 9.17) is 0 Å². The summed E-state index contributed by atoms with van der Waals surface area (Å²) in [5.41, 5.74) is 1.56. The summed E-state index contributed by atoms with van der Waals surface area (Å²) in [4.78, 5) is 0. The molecule has 3 atom stereocenters. The average molecular weight is 269 g/mol. The van der Waals surface area contributed by atoms with Crippen molar-refractivity contribution in [2.24, 2.45) is 11.8 Å². The lowest BCUT2D eigenvalue weighted by Crippen LogP contribution is -2.42. The Balaban J connectivity index is 1.29. The van der Waals surface area contributed by atoms with E-state index in [9.17, 15) is 0 Å². The second-order valence-corrected chi connectivity index (χ2v) is 7.41. The van der Waals surface area contributed by atoms with Crippen LogP contribution < -0.4 is 5.32 Å². The molecule has 3 unspecified atom stereocenters. The molecule has 3 aliphatic rings. The van der Waals surface area contributed by atoms with Gasteiger partial charge in [0.2, 0.25) is 0 Å². The van der Waals surface area contributed by atoms with Crippen LogP contribution in [-0.4, -0.2) is 12.1 Å². The first-order valence-corrected chi connectivity index (χ1v) is 8.69. The van der Waals surface area contributed by atoms with Crippen LogP contribution in [0.3, 0.4) is 0 Å². The predicted molar refractivity (Wildman–Crippen MR) is 83.8 cm³/mol. The van der Waals surface area contributed by atoms with E-state index in [1.807, 2.05) is 0 Å². The van der Waals surface area contributed by atoms with Crippen LogP contribution in [-0.2, 0) is 0 Å². The first-order chi connectivity index (χ1) is 9.88. The molecule has 0 radical (unpaired) electrons. The standard InChI is InChI=1S/C19H27N/c1-2-4-15(5-3-1)16-8-10-18(11-9-16)20-19-13-14-6-7-17(19)12-14/h1-5,14,16-20H,6-13H2. The number of fused-ring (bicyclic) bond motifs is 2. The number of hydrogen-bond donors (Lipinski definition) is 1. The number of rotatable bonds is 3. The molecule has 1 heteroatoms. The molecule has 4 rings (SSSR count). The molecule has 20 heavy (non-hydrogen) atoms. The van der Waals surface area contributed by atoms with Gasteiger partial charge in [0.25, 0.3) is 0 Å². The van der Waals surface area contributed by atoms with Crippen LogP contribution in [0.5, 0.6) is 0 Å². The molecule has 0 aliphatic heterocycles. The van der Waals surface area contributed by atoms with Gasteiger partial charge in [-0.2, -0.15) is 0 Å². The molecule has 3 aliphatic carbocycles. The molecule has 108 valence electrons. The normalized spacial score (nSPS) is 40.1. The quantitative estimate of drug-likeness (QED) is 0.852. The maximum absolute atomic E-state index is 4.02. The smallest absolute Gasteiger partial charge is 0.0101 e. The molecule has 1 nitrogen and oxygen atoms in total. The Bertz CT molecular complexity index is 432. The van der Waals surface area contributed by atoms with Crippen LogP contribution >= 0.6 is 0 Å². The molecule has 0 heterocycles. The fourth-order valence-corrected chi connectivity index (χ4v) is 5.07. The first-order valence-electron chi connectivity index (χ1n) is 8.69. The van der Waals surface area contributed by atoms with Gasteiger partial charge in [-0.05, 0) is 68.3 Å². The summed E-state index contributed by atoms with van der Waals surface area (Å²) in [6, 6.07) is 12.8. The van der Waals surface area contributed by atoms with Crippen LogP contribution in [0.2, 0.25) is 0 Å². The Hall–Kier alpha value is -0.820. The van der Waals surface area contributed by atoms with E-state index in [0.29, 0.717) is 0 Å². The van der Waals surface area contributed by atoms with Crippen molar-refractivity contribution in [1.29, 1.82) is 0 Å². The summed E-state index contributed by atoms with van der Waals surface area (Å²) < 4.78 is 0. The summed E-state index contributed by atoms with van der Waals surface area (Å²) in [5, 5.41) is 4.02. The third-order valence-corrected chi connectivity index (χ3v) is 6.19. The summed E-state index contributed by atoms with van der Waals surface area (Å²) in [6.45, 7) is 0. The van der Waals surface area contributed by atoms with Crippen LogP contribution in [0.25, 0.3) is 0 Å². The van der Waals surface area contributed by atoms with Gasteiger partial charge in [-0.25, -0.2) is 0 Å². The van der Waals surface area contributed by atoms with Crippen molar-refractivity contribution in [1.82, 2.24) is 5.32 Å². The van der Waals surface area contributed by atoms with E-state index >= 15 is 0 Å². The van der Waals surface area contributed by atoms with Crippen LogP contribution in [0.15, 0.2) is 30.3 Å². The second-order valence-electron chi connectivity index (χ2n) is 7.41. The van der Waals surface area contributed by atoms with Crippen molar-refractivity contribution in [3.05, 3.63) is 35.9 Å². The Morgan fingerprint density at radius 2 is 1.60 bits per heavy atom. The van der Waals surface area contributed by atoms with Gasteiger partial charge in [0.15, 0.2) is 0 Å². The Morgan fingerprint density at radius 3 is 2.25 bits per heavy atom. The number of benzene rings is 1. The van der Waals surface area contributed by atoms with Crippen molar-refractivity contribution >= 4 is 0 Å². The Labute approximate surface area is 123 Å². The molecule has 1 aromatic rings. The van der Waals surface area contributed by atoms with E-state index < -0.39 is 0 Å². The van der Waals surface area contributed by atoms with Gasteiger partial charge >= 0.3 is 0 Å². The second kappa shape index (κ2) is 5.52. The van der Waals surface area contributed by atoms with Gasteiger partial charge in [0, 0.05) is 12.1 Å². The van der Waals surface area contributed by atoms with Gasteiger partial charge in [0.05, 0.1) is 0 Å². The zero-order valence-electron chi connectivity index (χ0n) is 12.4. The first kappa shape index (κ1) is 12.9. The lowest BCUT2D eigenvalue weighted by Gasteiger charge is -2.34. The van der Waals surface area contributed by atoms with Gasteiger partial charge < -0.3 is 5.32 Å². The van der Waals surface area contributed by atoms with Crippen LogP contribution in [0.4, 0.5) is 0 Å². The number of hydrogen-bond acceptors (Lipinski definition) is 1. The van der Waals surface area contributed by atoms with Crippen LogP contribution in [0.1, 0.15) is 62.8 Å². The SMILES string of the molecule is c1ccc(C2CCC(NC3CC4CCC3C4)CC2)cc1. The highest BCUT2D eigenvalue weighted by molar-refractivity contribution is 5.20. The van der Waals surface area contributed by atoms with Crippen molar-refractivity contribution in [2.45, 2.75) is 69.4 Å². The van der Waals surface area contributed by atoms with E-state index in [2.05, 4.69) is 35.6 Å². The molecule has 3 fully saturated rings. The predicted octanol–water partition coefficient (Wildman–Crippen LogP) is 4.49. The maximum atomic E-state index is 4.02. The zero-order chi connectivity index (χ0) is 13.4. The molecule has 2 bridgehead atoms. The Morgan fingerprint density at radius 1 is 0.800 bits per heavy atom. The monoisotopic (exact) mass is 269 g/mol. The van der Waals surface area contributed by atoms with Crippen molar-refractivity contribution < 1.29 is 0 Å². The van der Waals surface area contributed by atoms with Crippen molar-refractivity contribution in [3.63, 3.8) is 0 Å². The number of nitrogens with one attached hydrogen (secondary N) is 1. The summed E-state index contributed by atoms with van der Waals surface area (Å²) in [6.07, 6.45) is 11.5. The maximum Gasteiger partial charge on any atom is 0.0101 e. The molecule has 3 saturated carbocycles. The molecule has 0 amide bonds. The third kappa shape index (κ3) is 2.53. The summed E-state index contributed by atoms with van der Waals surface area (Å²) >= 11 is 0. The van der Waals surface area contributed by atoms with Gasteiger partial charge in [0.1, 0.15) is 0 Å². The molecule has 0 aromatic heterocycles. The fraction of sp³-hybridized carbons (Fsp3) is 0.684. The molecular formula is C19H27N. The lowest BCUT2D eigenvalue weighted by molar-refractivity contribution is 0.267. The van der Waals surface area contributed by atoms with Gasteiger partial charge in [-0.3, -0.25) is 0 Å². The lowest BCUT2D eigenvalue weighted by atomic mass is 9.81. The van der Waals surface area contributed by atoms with Crippen molar-refractivity contribution in [2.75, 3.05) is 0 Å². The fourth-order valence-electron chi connectivity index (χ4n) is 5.07. The van der Waals surface area contributed by atoms with Crippen LogP contribution in [0, 0.1) is 11.8 Å². The molecular weight excluding hydrogens is 242 g/mol. The minimum absolute atomic E-state index is 0.805. The third-order valence-electron chi connectivity index (χ3n) is 6.19. The highest BCUT2D eigenvalue weighted by atomic mass is 15.0. The summed E-state index contributed by atoms with van der Waals surface area (Å²) in [5.74, 6) is 2.90. The highest BCUT2D eigenvalue weighted by Crippen LogP contribution is 2.45. The van der Waals surface area contributed by atoms with E-state index in [1.165, 1.54) is 51.4 Å². The average Bonchev–Trinajstić information content (AvgIpc) is 3.12. The van der Waals surface area contributed by atoms with Gasteiger partial charge in [-0.15, -0.1) is 0 Å². The molecule has 1 N–H and O–H groups in total. The molecule has 1 aromatic carbocycles. The summed E-state index contributed by atoms with van der Waals surface area (Å²) in [7, 11) is 0. The van der Waals surface area contributed by atoms with E-state index in [0.717, 1.165) is 29.8 Å². The minimum Gasteiger partial charge on any atom is -0.311 e. The Kier molecular flexibility index (Phi) is 3.56. The largest absolute Gasteiger partial charge is 0.311 e. The highest BCUT2D eigenvalue weighted by Gasteiger charge is 2.40. The minimum atomic E-state index is 0.805. The van der Waals surface area contributed by atoms with E-state index in [1.54, 1.807) is 5.56 Å². The van der Waals surface area contributed by atoms with E-state index in [-0.39, 0.29) is 0 Å². The van der Waals surface area contributed by atoms with Gasteiger partial charge in [-0.1, -0.05) is 36.8 Å². The zero-order valence-corrected chi connectivity index (χ0v) is 12.4.